The predicted molar refractivity (Wildman–Crippen MR) is 77.4 cm³/mol. The summed E-state index contributed by atoms with van der Waals surface area (Å²) in [4.78, 5) is 34.7. The van der Waals surface area contributed by atoms with Crippen LogP contribution in [0.2, 0.25) is 0 Å². The van der Waals surface area contributed by atoms with Gasteiger partial charge in [-0.25, -0.2) is 9.59 Å². The lowest BCUT2D eigenvalue weighted by atomic mass is 10.1. The van der Waals surface area contributed by atoms with Crippen LogP contribution in [0.15, 0.2) is 18.2 Å². The third kappa shape index (κ3) is 4.68. The molecule has 8 nitrogen and oxygen atoms in total. The van der Waals surface area contributed by atoms with Gasteiger partial charge < -0.3 is 21.5 Å². The molecule has 0 aliphatic heterocycles. The molecule has 0 fully saturated rings. The van der Waals surface area contributed by atoms with Gasteiger partial charge in [0.1, 0.15) is 0 Å². The molecule has 1 atom stereocenters. The molecule has 1 rings (SSSR count). The van der Waals surface area contributed by atoms with Crippen LogP contribution in [0, 0.1) is 0 Å². The van der Waals surface area contributed by atoms with E-state index in [0.717, 1.165) is 0 Å². The van der Waals surface area contributed by atoms with E-state index in [9.17, 15) is 14.4 Å². The number of ether oxygens (including phenoxy) is 1. The molecule has 0 saturated heterocycles. The predicted octanol–water partition coefficient (Wildman–Crippen LogP) is 0.242. The molecule has 0 heterocycles. The maximum atomic E-state index is 11.9. The number of urea groups is 1. The number of hydrogen-bond donors (Lipinski definition) is 4. The van der Waals surface area contributed by atoms with Gasteiger partial charge in [0.2, 0.25) is 0 Å². The van der Waals surface area contributed by atoms with Gasteiger partial charge in [-0.2, -0.15) is 0 Å². The van der Waals surface area contributed by atoms with E-state index in [0.29, 0.717) is 12.2 Å². The van der Waals surface area contributed by atoms with Gasteiger partial charge in [-0.05, 0) is 32.0 Å². The first-order valence-electron chi connectivity index (χ1n) is 6.29. The van der Waals surface area contributed by atoms with E-state index in [-0.39, 0.29) is 11.3 Å². The van der Waals surface area contributed by atoms with Gasteiger partial charge in [0.05, 0.1) is 5.56 Å². The minimum Gasteiger partial charge on any atom is -0.449 e. The van der Waals surface area contributed by atoms with Crippen LogP contribution in [0.4, 0.5) is 16.2 Å². The van der Waals surface area contributed by atoms with E-state index in [1.54, 1.807) is 6.92 Å². The zero-order valence-electron chi connectivity index (χ0n) is 11.8. The standard InChI is InChI=1S/C13H18N4O4/c1-3-16-13(20)17-11(18)7(2)21-12(19)9-5-4-8(14)6-10(9)15/h4-7H,3,14-15H2,1-2H3,(H2,16,17,18,20). The highest BCUT2D eigenvalue weighted by Gasteiger charge is 2.21. The zero-order chi connectivity index (χ0) is 16.0. The van der Waals surface area contributed by atoms with Crippen molar-refractivity contribution in [1.29, 1.82) is 0 Å². The Labute approximate surface area is 121 Å². The van der Waals surface area contributed by atoms with Gasteiger partial charge in [0.25, 0.3) is 5.91 Å². The highest BCUT2D eigenvalue weighted by molar-refractivity contribution is 6.00. The molecule has 0 radical (unpaired) electrons. The van der Waals surface area contributed by atoms with Crippen molar-refractivity contribution in [3.8, 4) is 0 Å². The number of amides is 3. The highest BCUT2D eigenvalue weighted by Crippen LogP contribution is 2.17. The van der Waals surface area contributed by atoms with E-state index in [1.165, 1.54) is 25.1 Å². The normalized spacial score (nSPS) is 11.3. The summed E-state index contributed by atoms with van der Waals surface area (Å²) >= 11 is 0. The molecule has 0 spiro atoms. The molecule has 0 saturated carbocycles. The summed E-state index contributed by atoms with van der Waals surface area (Å²) in [7, 11) is 0. The van der Waals surface area contributed by atoms with Gasteiger partial charge >= 0.3 is 12.0 Å². The van der Waals surface area contributed by atoms with Crippen molar-refractivity contribution in [2.24, 2.45) is 0 Å². The number of nitrogen functional groups attached to an aromatic ring is 2. The Kier molecular flexibility index (Phi) is 5.53. The van der Waals surface area contributed by atoms with Crippen LogP contribution in [0.1, 0.15) is 24.2 Å². The summed E-state index contributed by atoms with van der Waals surface area (Å²) < 4.78 is 4.95. The average Bonchev–Trinajstić information content (AvgIpc) is 2.38. The Morgan fingerprint density at radius 1 is 1.29 bits per heavy atom. The first-order chi connectivity index (χ1) is 9.85. The number of carbonyl (C=O) groups excluding carboxylic acids is 3. The Bertz CT molecular complexity index is 559. The fourth-order valence-corrected chi connectivity index (χ4v) is 1.46. The van der Waals surface area contributed by atoms with Gasteiger partial charge in [0, 0.05) is 17.9 Å². The Morgan fingerprint density at radius 3 is 2.52 bits per heavy atom. The number of carbonyl (C=O) groups is 3. The van der Waals surface area contributed by atoms with Crippen LogP contribution in [0.3, 0.4) is 0 Å². The fourth-order valence-electron chi connectivity index (χ4n) is 1.46. The summed E-state index contributed by atoms with van der Waals surface area (Å²) in [5, 5.41) is 4.43. The third-order valence-electron chi connectivity index (χ3n) is 2.52. The van der Waals surface area contributed by atoms with Gasteiger partial charge in [-0.15, -0.1) is 0 Å². The van der Waals surface area contributed by atoms with E-state index < -0.39 is 24.0 Å². The molecule has 0 aliphatic rings. The number of benzene rings is 1. The maximum absolute atomic E-state index is 11.9. The molecular weight excluding hydrogens is 276 g/mol. The van der Waals surface area contributed by atoms with Crippen molar-refractivity contribution in [3.63, 3.8) is 0 Å². The number of nitrogens with one attached hydrogen (secondary N) is 2. The smallest absolute Gasteiger partial charge is 0.341 e. The van der Waals surface area contributed by atoms with Crippen LogP contribution in [0.25, 0.3) is 0 Å². The molecule has 0 bridgehead atoms. The minimum atomic E-state index is -1.14. The quantitative estimate of drug-likeness (QED) is 0.464. The first-order valence-corrected chi connectivity index (χ1v) is 6.29. The van der Waals surface area contributed by atoms with E-state index in [1.807, 2.05) is 5.32 Å². The summed E-state index contributed by atoms with van der Waals surface area (Å²) in [6.07, 6.45) is -1.14. The Morgan fingerprint density at radius 2 is 1.95 bits per heavy atom. The minimum absolute atomic E-state index is 0.0989. The van der Waals surface area contributed by atoms with E-state index >= 15 is 0 Å². The number of imide groups is 1. The maximum Gasteiger partial charge on any atom is 0.341 e. The van der Waals surface area contributed by atoms with E-state index in [4.69, 9.17) is 16.2 Å². The molecule has 1 unspecified atom stereocenters. The van der Waals surface area contributed by atoms with Crippen molar-refractivity contribution < 1.29 is 19.1 Å². The second-order valence-corrected chi connectivity index (χ2v) is 4.24. The zero-order valence-corrected chi connectivity index (χ0v) is 11.8. The van der Waals surface area contributed by atoms with Crippen molar-refractivity contribution in [1.82, 2.24) is 10.6 Å². The fraction of sp³-hybridized carbons (Fsp3) is 0.308. The summed E-state index contributed by atoms with van der Waals surface area (Å²) in [6, 6.07) is 3.65. The molecule has 21 heavy (non-hydrogen) atoms. The van der Waals surface area contributed by atoms with Crippen LogP contribution >= 0.6 is 0 Å². The molecular formula is C13H18N4O4. The van der Waals surface area contributed by atoms with Crippen LogP contribution in [-0.4, -0.2) is 30.6 Å². The van der Waals surface area contributed by atoms with Crippen molar-refractivity contribution in [3.05, 3.63) is 23.8 Å². The lowest BCUT2D eigenvalue weighted by Crippen LogP contribution is -2.44. The molecule has 8 heteroatoms. The molecule has 1 aromatic carbocycles. The molecule has 1 aromatic rings. The second kappa shape index (κ2) is 7.13. The number of rotatable bonds is 4. The van der Waals surface area contributed by atoms with Crippen molar-refractivity contribution in [2.75, 3.05) is 18.0 Å². The van der Waals surface area contributed by atoms with Crippen LogP contribution in [0.5, 0.6) is 0 Å². The topological polar surface area (TPSA) is 137 Å². The number of anilines is 2. The van der Waals surface area contributed by atoms with E-state index in [2.05, 4.69) is 5.32 Å². The monoisotopic (exact) mass is 294 g/mol. The van der Waals surface area contributed by atoms with Crippen molar-refractivity contribution in [2.45, 2.75) is 20.0 Å². The summed E-state index contributed by atoms with van der Waals surface area (Å²) in [5.74, 6) is -1.51. The molecule has 3 amide bonds. The Hall–Kier alpha value is -2.77. The lowest BCUT2D eigenvalue weighted by Gasteiger charge is -2.14. The van der Waals surface area contributed by atoms with Gasteiger partial charge in [0.15, 0.2) is 6.10 Å². The molecule has 0 aromatic heterocycles. The third-order valence-corrected chi connectivity index (χ3v) is 2.52. The largest absolute Gasteiger partial charge is 0.449 e. The number of hydrogen-bond acceptors (Lipinski definition) is 6. The van der Waals surface area contributed by atoms with Gasteiger partial charge in [-0.1, -0.05) is 0 Å². The molecule has 0 aliphatic carbocycles. The van der Waals surface area contributed by atoms with Crippen molar-refractivity contribution >= 4 is 29.3 Å². The number of esters is 1. The number of nitrogens with two attached hydrogens (primary N) is 2. The Balaban J connectivity index is 2.65. The summed E-state index contributed by atoms with van der Waals surface area (Å²) in [6.45, 7) is 3.42. The molecule has 114 valence electrons. The molecule has 6 N–H and O–H groups in total. The van der Waals surface area contributed by atoms with Crippen LogP contribution in [-0.2, 0) is 9.53 Å². The average molecular weight is 294 g/mol. The lowest BCUT2D eigenvalue weighted by molar-refractivity contribution is -0.127. The first kappa shape index (κ1) is 16.3. The summed E-state index contributed by atoms with van der Waals surface area (Å²) in [5.41, 5.74) is 11.8. The SMILES string of the molecule is CCNC(=O)NC(=O)C(C)OC(=O)c1ccc(N)cc1N. The van der Waals surface area contributed by atoms with Crippen LogP contribution < -0.4 is 22.1 Å². The van der Waals surface area contributed by atoms with Gasteiger partial charge in [-0.3, -0.25) is 10.1 Å². The second-order valence-electron chi connectivity index (χ2n) is 4.24. The highest BCUT2D eigenvalue weighted by atomic mass is 16.5.